The summed E-state index contributed by atoms with van der Waals surface area (Å²) in [5.41, 5.74) is 3.91. The van der Waals surface area contributed by atoms with Gasteiger partial charge in [0.25, 0.3) is 0 Å². The van der Waals surface area contributed by atoms with Gasteiger partial charge in [-0.05, 0) is 62.9 Å². The van der Waals surface area contributed by atoms with E-state index in [-0.39, 0.29) is 0 Å². The lowest BCUT2D eigenvalue weighted by atomic mass is 9.93. The van der Waals surface area contributed by atoms with Crippen molar-refractivity contribution in [2.75, 3.05) is 20.2 Å². The van der Waals surface area contributed by atoms with Crippen molar-refractivity contribution in [2.45, 2.75) is 26.7 Å². The van der Waals surface area contributed by atoms with Crippen molar-refractivity contribution in [2.24, 2.45) is 5.92 Å². The molecule has 0 bridgehead atoms. The average Bonchev–Trinajstić information content (AvgIpc) is 2.79. The molecule has 0 saturated carbocycles. The molecule has 1 unspecified atom stereocenters. The Balaban J connectivity index is 2.33. The third-order valence-corrected chi connectivity index (χ3v) is 4.48. The molecule has 3 heteroatoms. The topological polar surface area (TPSA) is 21.3 Å². The fourth-order valence-corrected chi connectivity index (χ4v) is 3.13. The minimum absolute atomic E-state index is 0.753. The lowest BCUT2D eigenvalue weighted by Crippen LogP contribution is -2.12. The molecule has 1 heterocycles. The zero-order valence-electron chi connectivity index (χ0n) is 10.8. The van der Waals surface area contributed by atoms with Crippen LogP contribution in [0.2, 0.25) is 0 Å². The Hall–Kier alpha value is -0.540. The van der Waals surface area contributed by atoms with Crippen LogP contribution in [0, 0.1) is 19.8 Å². The van der Waals surface area contributed by atoms with Crippen LogP contribution in [0.15, 0.2) is 10.5 Å². The second kappa shape index (κ2) is 5.40. The molecule has 1 atom stereocenters. The van der Waals surface area contributed by atoms with E-state index in [0.717, 1.165) is 35.7 Å². The highest BCUT2D eigenvalue weighted by Gasteiger charge is 2.20. The molecule has 1 aromatic carbocycles. The third-order valence-electron chi connectivity index (χ3n) is 3.65. The van der Waals surface area contributed by atoms with Crippen LogP contribution < -0.4 is 10.1 Å². The molecule has 2 nitrogen and oxygen atoms in total. The van der Waals surface area contributed by atoms with Crippen LogP contribution in [0.4, 0.5) is 0 Å². The number of hydrogen-bond acceptors (Lipinski definition) is 2. The van der Waals surface area contributed by atoms with Crippen LogP contribution in [0.5, 0.6) is 5.75 Å². The average molecular weight is 298 g/mol. The molecule has 1 aliphatic rings. The minimum atomic E-state index is 0.753. The molecule has 0 radical (unpaired) electrons. The number of benzene rings is 1. The van der Waals surface area contributed by atoms with E-state index in [2.05, 4.69) is 41.2 Å². The Bertz CT molecular complexity index is 411. The van der Waals surface area contributed by atoms with Gasteiger partial charge in [0, 0.05) is 10.0 Å². The second-order valence-corrected chi connectivity index (χ2v) is 5.73. The summed E-state index contributed by atoms with van der Waals surface area (Å²) >= 11 is 3.59. The van der Waals surface area contributed by atoms with Gasteiger partial charge in [-0.3, -0.25) is 0 Å². The van der Waals surface area contributed by atoms with E-state index < -0.39 is 0 Å². The first kappa shape index (κ1) is 12.9. The molecule has 0 spiro atoms. The van der Waals surface area contributed by atoms with Gasteiger partial charge in [0.05, 0.1) is 7.11 Å². The van der Waals surface area contributed by atoms with E-state index in [1.54, 1.807) is 7.11 Å². The van der Waals surface area contributed by atoms with E-state index in [9.17, 15) is 0 Å². The molecular formula is C14H20BrNO. The number of methoxy groups -OCH3 is 1. The van der Waals surface area contributed by atoms with Crippen LogP contribution in [0.3, 0.4) is 0 Å². The van der Waals surface area contributed by atoms with Crippen LogP contribution in [-0.4, -0.2) is 20.2 Å². The number of hydrogen-bond donors (Lipinski definition) is 1. The summed E-state index contributed by atoms with van der Waals surface area (Å²) in [7, 11) is 1.77. The Morgan fingerprint density at radius 1 is 1.47 bits per heavy atom. The standard InChI is InChI=1S/C14H20BrNO/c1-9-6-13(15)10(2)14(17-3)12(9)7-11-4-5-16-8-11/h6,11,16H,4-5,7-8H2,1-3H3. The zero-order valence-corrected chi connectivity index (χ0v) is 12.4. The van der Waals surface area contributed by atoms with Crippen molar-refractivity contribution < 1.29 is 4.74 Å². The van der Waals surface area contributed by atoms with E-state index in [4.69, 9.17) is 4.74 Å². The predicted octanol–water partition coefficient (Wildman–Crippen LogP) is 3.23. The largest absolute Gasteiger partial charge is 0.496 e. The predicted molar refractivity (Wildman–Crippen MR) is 74.8 cm³/mol. The summed E-state index contributed by atoms with van der Waals surface area (Å²) in [6.45, 7) is 6.57. The Labute approximate surface area is 112 Å². The highest BCUT2D eigenvalue weighted by molar-refractivity contribution is 9.10. The number of rotatable bonds is 3. The molecule has 0 aromatic heterocycles. The van der Waals surface area contributed by atoms with Crippen molar-refractivity contribution in [3.63, 3.8) is 0 Å². The molecule has 17 heavy (non-hydrogen) atoms. The van der Waals surface area contributed by atoms with Crippen molar-refractivity contribution in [3.05, 3.63) is 27.2 Å². The third kappa shape index (κ3) is 2.66. The molecule has 1 aliphatic heterocycles. The molecular weight excluding hydrogens is 278 g/mol. The van der Waals surface area contributed by atoms with Gasteiger partial charge in [0.2, 0.25) is 0 Å². The maximum absolute atomic E-state index is 5.60. The molecule has 0 aliphatic carbocycles. The highest BCUT2D eigenvalue weighted by Crippen LogP contribution is 2.34. The van der Waals surface area contributed by atoms with Crippen molar-refractivity contribution >= 4 is 15.9 Å². The van der Waals surface area contributed by atoms with Gasteiger partial charge < -0.3 is 10.1 Å². The monoisotopic (exact) mass is 297 g/mol. The second-order valence-electron chi connectivity index (χ2n) is 4.88. The van der Waals surface area contributed by atoms with E-state index in [0.29, 0.717) is 0 Å². The first-order valence-electron chi connectivity index (χ1n) is 6.16. The normalized spacial score (nSPS) is 19.6. The van der Waals surface area contributed by atoms with Crippen LogP contribution in [-0.2, 0) is 6.42 Å². The van der Waals surface area contributed by atoms with Gasteiger partial charge in [0.1, 0.15) is 5.75 Å². The quantitative estimate of drug-likeness (QED) is 0.925. The van der Waals surface area contributed by atoms with E-state index in [1.807, 2.05) is 0 Å². The van der Waals surface area contributed by atoms with Gasteiger partial charge in [-0.25, -0.2) is 0 Å². The summed E-state index contributed by atoms with van der Waals surface area (Å²) in [6.07, 6.45) is 2.40. The van der Waals surface area contributed by atoms with E-state index in [1.165, 1.54) is 23.1 Å². The van der Waals surface area contributed by atoms with Crippen molar-refractivity contribution in [1.29, 1.82) is 0 Å². The molecule has 1 saturated heterocycles. The fourth-order valence-electron chi connectivity index (χ4n) is 2.61. The summed E-state index contributed by atoms with van der Waals surface area (Å²) in [5, 5.41) is 3.43. The Kier molecular flexibility index (Phi) is 4.10. The van der Waals surface area contributed by atoms with Gasteiger partial charge in [0.15, 0.2) is 0 Å². The van der Waals surface area contributed by atoms with Crippen LogP contribution >= 0.6 is 15.9 Å². The summed E-state index contributed by atoms with van der Waals surface area (Å²) in [4.78, 5) is 0. The van der Waals surface area contributed by atoms with Gasteiger partial charge in [-0.2, -0.15) is 0 Å². The number of ether oxygens (including phenoxy) is 1. The maximum atomic E-state index is 5.60. The number of halogens is 1. The number of nitrogens with one attached hydrogen (secondary N) is 1. The van der Waals surface area contributed by atoms with Gasteiger partial charge in [-0.15, -0.1) is 0 Å². The number of aryl methyl sites for hydroxylation is 1. The SMILES string of the molecule is COc1c(C)c(Br)cc(C)c1CC1CCNC1. The molecule has 1 fully saturated rings. The summed E-state index contributed by atoms with van der Waals surface area (Å²) < 4.78 is 6.74. The van der Waals surface area contributed by atoms with E-state index >= 15 is 0 Å². The molecule has 0 amide bonds. The summed E-state index contributed by atoms with van der Waals surface area (Å²) in [6, 6.07) is 2.20. The van der Waals surface area contributed by atoms with Crippen molar-refractivity contribution in [1.82, 2.24) is 5.32 Å². The molecule has 1 aromatic rings. The Morgan fingerprint density at radius 2 is 2.24 bits per heavy atom. The lowest BCUT2D eigenvalue weighted by Gasteiger charge is -2.18. The Morgan fingerprint density at radius 3 is 2.82 bits per heavy atom. The van der Waals surface area contributed by atoms with Crippen LogP contribution in [0.25, 0.3) is 0 Å². The minimum Gasteiger partial charge on any atom is -0.496 e. The molecule has 2 rings (SSSR count). The van der Waals surface area contributed by atoms with Crippen molar-refractivity contribution in [3.8, 4) is 5.75 Å². The lowest BCUT2D eigenvalue weighted by molar-refractivity contribution is 0.401. The molecule has 94 valence electrons. The molecule has 1 N–H and O–H groups in total. The zero-order chi connectivity index (χ0) is 12.4. The van der Waals surface area contributed by atoms with Gasteiger partial charge >= 0.3 is 0 Å². The first-order chi connectivity index (χ1) is 8.13. The highest BCUT2D eigenvalue weighted by atomic mass is 79.9. The maximum Gasteiger partial charge on any atom is 0.126 e. The summed E-state index contributed by atoms with van der Waals surface area (Å²) in [5.74, 6) is 1.81. The van der Waals surface area contributed by atoms with Crippen LogP contribution in [0.1, 0.15) is 23.1 Å². The van der Waals surface area contributed by atoms with Gasteiger partial charge in [-0.1, -0.05) is 15.9 Å². The first-order valence-corrected chi connectivity index (χ1v) is 6.96. The smallest absolute Gasteiger partial charge is 0.126 e. The fraction of sp³-hybridized carbons (Fsp3) is 0.571.